The quantitative estimate of drug-likeness (QED) is 0.279. The molecule has 0 saturated carbocycles. The number of aliphatic hydroxyl groups is 1. The second kappa shape index (κ2) is 15.5. The van der Waals surface area contributed by atoms with E-state index in [1.807, 2.05) is 50.2 Å². The number of benzene rings is 2. The summed E-state index contributed by atoms with van der Waals surface area (Å²) in [5.74, 6) is -3.62. The summed E-state index contributed by atoms with van der Waals surface area (Å²) in [6.45, 7) is 4.94. The van der Waals surface area contributed by atoms with E-state index in [-0.39, 0.29) is 51.4 Å². The lowest BCUT2D eigenvalue weighted by atomic mass is 9.97. The molecule has 4 N–H and O–H groups in total. The topological polar surface area (TPSA) is 183 Å². The predicted octanol–water partition coefficient (Wildman–Crippen LogP) is 0.472. The van der Waals surface area contributed by atoms with Crippen LogP contribution in [0.1, 0.15) is 44.2 Å². The van der Waals surface area contributed by atoms with Crippen LogP contribution in [0.3, 0.4) is 0 Å². The molecule has 0 bridgehead atoms. The van der Waals surface area contributed by atoms with Crippen LogP contribution in [0.2, 0.25) is 0 Å². The van der Waals surface area contributed by atoms with E-state index >= 15 is 0 Å². The fourth-order valence-corrected chi connectivity index (χ4v) is 6.37. The maximum Gasteiger partial charge on any atom is 0.419 e. The zero-order chi connectivity index (χ0) is 35.2. The molecule has 0 spiro atoms. The number of carbonyl (C=O) groups is 5. The van der Waals surface area contributed by atoms with Crippen molar-refractivity contribution in [3.05, 3.63) is 70.2 Å². The highest BCUT2D eigenvalue weighted by molar-refractivity contribution is 5.95. The van der Waals surface area contributed by atoms with E-state index in [9.17, 15) is 33.9 Å². The minimum absolute atomic E-state index is 0.00354. The Labute approximate surface area is 283 Å². The van der Waals surface area contributed by atoms with Gasteiger partial charge in [-0.05, 0) is 36.1 Å². The van der Waals surface area contributed by atoms with Crippen molar-refractivity contribution in [2.75, 3.05) is 26.2 Å². The normalized spacial score (nSPS) is 23.3. The average molecular weight is 677 g/mol. The highest BCUT2D eigenvalue weighted by atomic mass is 16.4. The highest BCUT2D eigenvalue weighted by Gasteiger charge is 2.43. The third-order valence-electron chi connectivity index (χ3n) is 9.32. The van der Waals surface area contributed by atoms with E-state index in [0.717, 1.165) is 11.1 Å². The standard InChI is InChI=1S/C35H44N6O8/c1-4-22(3)31-34(47)41-19-24(42)18-27(41)33(46)37-25(17-23-8-6-5-7-9-23)32(45)36-13-15-39(20-29(43)38-31)30(44)12-14-40-26-16-21(2)10-11-28(26)49-35(40)48/h5-11,16,22,24-25,27,31,42H,4,12-15,17-20H2,1-3H3,(H,36,45)(H,37,46)(H,38,43)/t22-,24+,25-,27-,31-/m0/s1. The molecule has 3 aromatic rings. The molecular formula is C35H44N6O8. The first kappa shape index (κ1) is 35.3. The molecule has 1 aromatic heterocycles. The van der Waals surface area contributed by atoms with Gasteiger partial charge in [-0.2, -0.15) is 0 Å². The van der Waals surface area contributed by atoms with Crippen LogP contribution in [0.25, 0.3) is 11.1 Å². The number of nitrogens with one attached hydrogen (secondary N) is 3. The third kappa shape index (κ3) is 8.37. The number of aromatic nitrogens is 1. The second-order valence-electron chi connectivity index (χ2n) is 12.9. The van der Waals surface area contributed by atoms with Crippen molar-refractivity contribution in [3.63, 3.8) is 0 Å². The van der Waals surface area contributed by atoms with Gasteiger partial charge >= 0.3 is 5.76 Å². The van der Waals surface area contributed by atoms with Crippen LogP contribution in [0.4, 0.5) is 0 Å². The summed E-state index contributed by atoms with van der Waals surface area (Å²) in [4.78, 5) is 83.4. The number of nitrogens with zero attached hydrogens (tertiary/aromatic N) is 3. The molecule has 5 amide bonds. The number of aryl methyl sites for hydroxylation is 2. The molecule has 2 aromatic carbocycles. The Morgan fingerprint density at radius 3 is 2.53 bits per heavy atom. The van der Waals surface area contributed by atoms with Crippen molar-refractivity contribution in [1.82, 2.24) is 30.3 Å². The molecule has 0 radical (unpaired) electrons. The van der Waals surface area contributed by atoms with E-state index in [1.165, 1.54) is 14.4 Å². The van der Waals surface area contributed by atoms with Crippen LogP contribution in [0, 0.1) is 12.8 Å². The minimum atomic E-state index is -1.05. The second-order valence-corrected chi connectivity index (χ2v) is 12.9. The van der Waals surface area contributed by atoms with E-state index in [2.05, 4.69) is 16.0 Å². The summed E-state index contributed by atoms with van der Waals surface area (Å²) >= 11 is 0. The summed E-state index contributed by atoms with van der Waals surface area (Å²) in [5, 5.41) is 18.9. The van der Waals surface area contributed by atoms with Gasteiger partial charge in [0.1, 0.15) is 18.1 Å². The van der Waals surface area contributed by atoms with Gasteiger partial charge in [-0.1, -0.05) is 56.7 Å². The average Bonchev–Trinajstić information content (AvgIpc) is 3.62. The van der Waals surface area contributed by atoms with Gasteiger partial charge in [-0.25, -0.2) is 4.79 Å². The number of aliphatic hydroxyl groups excluding tert-OH is 1. The van der Waals surface area contributed by atoms with Crippen LogP contribution in [0.5, 0.6) is 0 Å². The maximum atomic E-state index is 14.0. The van der Waals surface area contributed by atoms with Crippen LogP contribution in [-0.4, -0.2) is 99.4 Å². The van der Waals surface area contributed by atoms with Gasteiger partial charge in [0.25, 0.3) is 0 Å². The Balaban J connectivity index is 1.42. The SMILES string of the molecule is CC[C@H](C)[C@@H]1NC(=O)CN(C(=O)CCn2c(=O)oc3ccc(C)cc32)CCNC(=O)[C@H](Cc2ccccc2)NC(=O)[C@@H]2C[C@@H](O)CN2C1=O. The number of hydrogen-bond acceptors (Lipinski definition) is 8. The van der Waals surface area contributed by atoms with Crippen molar-refractivity contribution >= 4 is 40.6 Å². The molecule has 2 fully saturated rings. The zero-order valence-corrected chi connectivity index (χ0v) is 28.0. The molecule has 2 aliphatic rings. The smallest absolute Gasteiger partial charge is 0.408 e. The summed E-state index contributed by atoms with van der Waals surface area (Å²) < 4.78 is 6.69. The van der Waals surface area contributed by atoms with Crippen LogP contribution in [-0.2, 0) is 36.9 Å². The van der Waals surface area contributed by atoms with E-state index < -0.39 is 66.1 Å². The van der Waals surface area contributed by atoms with Gasteiger partial charge in [-0.15, -0.1) is 0 Å². The molecule has 2 aliphatic heterocycles. The van der Waals surface area contributed by atoms with Crippen LogP contribution >= 0.6 is 0 Å². The lowest BCUT2D eigenvalue weighted by molar-refractivity contribution is -0.143. The molecule has 14 heteroatoms. The Hall–Kier alpha value is -4.98. The van der Waals surface area contributed by atoms with Crippen LogP contribution < -0.4 is 21.7 Å². The molecule has 262 valence electrons. The molecule has 2 saturated heterocycles. The first-order valence-corrected chi connectivity index (χ1v) is 16.7. The zero-order valence-electron chi connectivity index (χ0n) is 28.0. The Kier molecular flexibility index (Phi) is 11.2. The largest absolute Gasteiger partial charge is 0.419 e. The Bertz CT molecular complexity index is 1750. The van der Waals surface area contributed by atoms with E-state index in [0.29, 0.717) is 17.5 Å². The molecule has 14 nitrogen and oxygen atoms in total. The van der Waals surface area contributed by atoms with Crippen molar-refractivity contribution in [2.24, 2.45) is 5.92 Å². The van der Waals surface area contributed by atoms with Gasteiger partial charge in [0.05, 0.1) is 18.2 Å². The summed E-state index contributed by atoms with van der Waals surface area (Å²) in [5.41, 5.74) is 2.64. The molecule has 5 atom stereocenters. The molecule has 0 aliphatic carbocycles. The summed E-state index contributed by atoms with van der Waals surface area (Å²) in [7, 11) is 0. The van der Waals surface area contributed by atoms with Crippen LogP contribution in [0.15, 0.2) is 57.7 Å². The lowest BCUT2D eigenvalue weighted by Crippen LogP contribution is -2.58. The van der Waals surface area contributed by atoms with Crippen molar-refractivity contribution in [1.29, 1.82) is 0 Å². The Morgan fingerprint density at radius 1 is 1.04 bits per heavy atom. The fraction of sp³-hybridized carbons (Fsp3) is 0.486. The number of oxazole rings is 1. The number of hydrogen-bond donors (Lipinski definition) is 4. The number of fused-ring (bicyclic) bond motifs is 2. The van der Waals surface area contributed by atoms with Crippen molar-refractivity contribution < 1.29 is 33.5 Å². The molecule has 0 unspecified atom stereocenters. The van der Waals surface area contributed by atoms with Gasteiger partial charge in [0, 0.05) is 45.4 Å². The number of amides is 5. The fourth-order valence-electron chi connectivity index (χ4n) is 6.37. The number of rotatable bonds is 7. The molecule has 3 heterocycles. The highest BCUT2D eigenvalue weighted by Crippen LogP contribution is 2.23. The predicted molar refractivity (Wildman–Crippen MR) is 179 cm³/mol. The van der Waals surface area contributed by atoms with E-state index in [1.54, 1.807) is 19.1 Å². The summed E-state index contributed by atoms with van der Waals surface area (Å²) in [6, 6.07) is 11.3. The lowest BCUT2D eigenvalue weighted by Gasteiger charge is -2.32. The van der Waals surface area contributed by atoms with Gasteiger partial charge in [0.2, 0.25) is 29.5 Å². The van der Waals surface area contributed by atoms with Gasteiger partial charge < -0.3 is 35.3 Å². The third-order valence-corrected chi connectivity index (χ3v) is 9.32. The first-order valence-electron chi connectivity index (χ1n) is 16.7. The van der Waals surface area contributed by atoms with Crippen molar-refractivity contribution in [2.45, 2.75) is 77.2 Å². The Morgan fingerprint density at radius 2 is 1.80 bits per heavy atom. The monoisotopic (exact) mass is 676 g/mol. The maximum absolute atomic E-state index is 14.0. The van der Waals surface area contributed by atoms with Gasteiger partial charge in [-0.3, -0.25) is 28.5 Å². The van der Waals surface area contributed by atoms with Crippen molar-refractivity contribution in [3.8, 4) is 0 Å². The van der Waals surface area contributed by atoms with Gasteiger partial charge in [0.15, 0.2) is 5.58 Å². The number of carbonyl (C=O) groups excluding carboxylic acids is 5. The molecule has 5 rings (SSSR count). The minimum Gasteiger partial charge on any atom is -0.408 e. The molecule has 49 heavy (non-hydrogen) atoms. The summed E-state index contributed by atoms with van der Waals surface area (Å²) in [6.07, 6.45) is -0.443. The van der Waals surface area contributed by atoms with E-state index in [4.69, 9.17) is 4.42 Å². The first-order chi connectivity index (χ1) is 23.4. The molecular weight excluding hydrogens is 632 g/mol.